The highest BCUT2D eigenvalue weighted by Crippen LogP contribution is 2.08. The highest BCUT2D eigenvalue weighted by molar-refractivity contribution is 5.79. The topological polar surface area (TPSA) is 46.5 Å². The fourth-order valence-corrected chi connectivity index (χ4v) is 0.878. The predicted molar refractivity (Wildman–Crippen MR) is 48.6 cm³/mol. The van der Waals surface area contributed by atoms with E-state index in [2.05, 4.69) is 0 Å². The Morgan fingerprint density at radius 2 is 2.00 bits per heavy atom. The van der Waals surface area contributed by atoms with Gasteiger partial charge in [0.15, 0.2) is 5.78 Å². The molecule has 1 N–H and O–H groups in total. The number of carbonyl (C=O) groups excluding carboxylic acids is 1. The monoisotopic (exact) mass is 180 g/mol. The van der Waals surface area contributed by atoms with E-state index < -0.39 is 6.61 Å². The number of hydrogen-bond donors (Lipinski definition) is 1. The second kappa shape index (κ2) is 5.32. The molecule has 0 amide bonds. The van der Waals surface area contributed by atoms with Gasteiger partial charge in [0, 0.05) is 6.42 Å². The molecule has 0 heterocycles. The first kappa shape index (κ1) is 9.74. The minimum atomic E-state index is -0.405. The molecule has 0 aliphatic rings. The quantitative estimate of drug-likeness (QED) is 0.735. The van der Waals surface area contributed by atoms with Gasteiger partial charge in [-0.2, -0.15) is 0 Å². The summed E-state index contributed by atoms with van der Waals surface area (Å²) in [4.78, 5) is 10.7. The van der Waals surface area contributed by atoms with Crippen LogP contribution in [-0.4, -0.2) is 24.1 Å². The van der Waals surface area contributed by atoms with Crippen molar-refractivity contribution in [3.8, 4) is 5.75 Å². The number of para-hydroxylation sites is 1. The molecule has 13 heavy (non-hydrogen) atoms. The Morgan fingerprint density at radius 3 is 2.62 bits per heavy atom. The number of hydrogen-bond acceptors (Lipinski definition) is 3. The second-order valence-corrected chi connectivity index (χ2v) is 2.61. The van der Waals surface area contributed by atoms with Gasteiger partial charge in [-0.15, -0.1) is 0 Å². The van der Waals surface area contributed by atoms with Crippen LogP contribution < -0.4 is 4.74 Å². The van der Waals surface area contributed by atoms with Crippen LogP contribution in [0.5, 0.6) is 5.75 Å². The average Bonchev–Trinajstić information content (AvgIpc) is 2.19. The van der Waals surface area contributed by atoms with Crippen molar-refractivity contribution < 1.29 is 14.6 Å². The van der Waals surface area contributed by atoms with Gasteiger partial charge < -0.3 is 9.84 Å². The average molecular weight is 180 g/mol. The minimum absolute atomic E-state index is 0.198. The van der Waals surface area contributed by atoms with E-state index in [1.807, 2.05) is 30.3 Å². The molecule has 3 heteroatoms. The number of aliphatic hydroxyl groups is 1. The van der Waals surface area contributed by atoms with Crippen molar-refractivity contribution in [2.75, 3.05) is 13.2 Å². The van der Waals surface area contributed by atoms with Gasteiger partial charge in [-0.25, -0.2) is 0 Å². The maximum absolute atomic E-state index is 10.7. The number of carbonyl (C=O) groups is 1. The lowest BCUT2D eigenvalue weighted by atomic mass is 10.3. The van der Waals surface area contributed by atoms with Crippen LogP contribution in [0.3, 0.4) is 0 Å². The van der Waals surface area contributed by atoms with Crippen LogP contribution in [0.25, 0.3) is 0 Å². The number of ether oxygens (including phenoxy) is 1. The Hall–Kier alpha value is -1.35. The standard InChI is InChI=1S/C10H12O3/c11-8-9(12)6-7-13-10-4-2-1-3-5-10/h1-5,11H,6-8H2. The Balaban J connectivity index is 2.24. The van der Waals surface area contributed by atoms with E-state index in [0.29, 0.717) is 6.61 Å². The first-order chi connectivity index (χ1) is 6.33. The van der Waals surface area contributed by atoms with Crippen LogP contribution in [0, 0.1) is 0 Å². The Bertz CT molecular complexity index is 256. The Morgan fingerprint density at radius 1 is 1.31 bits per heavy atom. The van der Waals surface area contributed by atoms with Gasteiger partial charge in [0.1, 0.15) is 12.4 Å². The van der Waals surface area contributed by atoms with E-state index in [1.54, 1.807) is 0 Å². The third-order valence-corrected chi connectivity index (χ3v) is 1.57. The molecule has 1 aromatic rings. The van der Waals surface area contributed by atoms with E-state index in [4.69, 9.17) is 9.84 Å². The molecule has 3 nitrogen and oxygen atoms in total. The van der Waals surface area contributed by atoms with Crippen LogP contribution >= 0.6 is 0 Å². The largest absolute Gasteiger partial charge is 0.493 e. The zero-order chi connectivity index (χ0) is 9.52. The van der Waals surface area contributed by atoms with E-state index in [-0.39, 0.29) is 12.2 Å². The fraction of sp³-hybridized carbons (Fsp3) is 0.300. The maximum Gasteiger partial charge on any atom is 0.161 e. The molecule has 1 aromatic carbocycles. The van der Waals surface area contributed by atoms with Crippen molar-refractivity contribution in [2.45, 2.75) is 6.42 Å². The molecular weight excluding hydrogens is 168 g/mol. The fourth-order valence-electron chi connectivity index (χ4n) is 0.878. The van der Waals surface area contributed by atoms with Crippen LogP contribution in [0.15, 0.2) is 30.3 Å². The summed E-state index contributed by atoms with van der Waals surface area (Å²) < 4.78 is 5.25. The SMILES string of the molecule is O=C(CO)CCOc1ccccc1. The lowest BCUT2D eigenvalue weighted by Gasteiger charge is -2.03. The van der Waals surface area contributed by atoms with E-state index in [9.17, 15) is 4.79 Å². The summed E-state index contributed by atoms with van der Waals surface area (Å²) in [6.07, 6.45) is 0.255. The summed E-state index contributed by atoms with van der Waals surface area (Å²) in [6.45, 7) is -0.0818. The zero-order valence-electron chi connectivity index (χ0n) is 7.27. The normalized spacial score (nSPS) is 9.62. The van der Waals surface area contributed by atoms with Crippen molar-refractivity contribution in [1.82, 2.24) is 0 Å². The van der Waals surface area contributed by atoms with Gasteiger partial charge in [-0.3, -0.25) is 4.79 Å². The Kier molecular flexibility index (Phi) is 3.99. The first-order valence-electron chi connectivity index (χ1n) is 4.13. The molecule has 0 aliphatic heterocycles. The second-order valence-electron chi connectivity index (χ2n) is 2.61. The van der Waals surface area contributed by atoms with E-state index in [0.717, 1.165) is 5.75 Å². The summed E-state index contributed by atoms with van der Waals surface area (Å²) in [6, 6.07) is 9.27. The summed E-state index contributed by atoms with van der Waals surface area (Å²) in [7, 11) is 0. The molecule has 0 spiro atoms. The molecule has 70 valence electrons. The number of aliphatic hydroxyl groups excluding tert-OH is 1. The predicted octanol–water partition coefficient (Wildman–Crippen LogP) is 1.02. The summed E-state index contributed by atoms with van der Waals surface area (Å²) >= 11 is 0. The summed E-state index contributed by atoms with van der Waals surface area (Å²) in [5, 5.41) is 8.43. The number of rotatable bonds is 5. The van der Waals surface area contributed by atoms with Crippen LogP contribution in [0.4, 0.5) is 0 Å². The molecule has 0 radical (unpaired) electrons. The number of Topliss-reactive ketones (excluding diaryl/α,β-unsaturated/α-hetero) is 1. The van der Waals surface area contributed by atoms with Crippen molar-refractivity contribution in [2.24, 2.45) is 0 Å². The van der Waals surface area contributed by atoms with Crippen LogP contribution in [-0.2, 0) is 4.79 Å². The molecule has 0 bridgehead atoms. The van der Waals surface area contributed by atoms with Gasteiger partial charge in [0.25, 0.3) is 0 Å². The molecule has 0 aliphatic carbocycles. The van der Waals surface area contributed by atoms with E-state index >= 15 is 0 Å². The smallest absolute Gasteiger partial charge is 0.161 e. The van der Waals surface area contributed by atoms with Crippen LogP contribution in [0.1, 0.15) is 6.42 Å². The van der Waals surface area contributed by atoms with Gasteiger partial charge in [0.05, 0.1) is 6.61 Å². The maximum atomic E-state index is 10.7. The molecule has 0 fully saturated rings. The molecule has 0 atom stereocenters. The minimum Gasteiger partial charge on any atom is -0.493 e. The number of ketones is 1. The zero-order valence-corrected chi connectivity index (χ0v) is 7.27. The number of benzene rings is 1. The van der Waals surface area contributed by atoms with Crippen LogP contribution in [0.2, 0.25) is 0 Å². The molecule has 0 aromatic heterocycles. The van der Waals surface area contributed by atoms with Crippen molar-refractivity contribution >= 4 is 5.78 Å². The van der Waals surface area contributed by atoms with Crippen molar-refractivity contribution in [3.05, 3.63) is 30.3 Å². The Labute approximate surface area is 77.0 Å². The van der Waals surface area contributed by atoms with Gasteiger partial charge in [0.2, 0.25) is 0 Å². The summed E-state index contributed by atoms with van der Waals surface area (Å²) in [5.74, 6) is 0.546. The van der Waals surface area contributed by atoms with Crippen molar-refractivity contribution in [3.63, 3.8) is 0 Å². The first-order valence-corrected chi connectivity index (χ1v) is 4.13. The van der Waals surface area contributed by atoms with Crippen molar-refractivity contribution in [1.29, 1.82) is 0 Å². The highest BCUT2D eigenvalue weighted by atomic mass is 16.5. The third-order valence-electron chi connectivity index (χ3n) is 1.57. The van der Waals surface area contributed by atoms with E-state index in [1.165, 1.54) is 0 Å². The molecule has 0 saturated heterocycles. The molecule has 0 saturated carbocycles. The van der Waals surface area contributed by atoms with Gasteiger partial charge >= 0.3 is 0 Å². The molecule has 1 rings (SSSR count). The highest BCUT2D eigenvalue weighted by Gasteiger charge is 1.99. The third kappa shape index (κ3) is 3.71. The molecule has 0 unspecified atom stereocenters. The molecular formula is C10H12O3. The summed E-state index contributed by atoms with van der Waals surface area (Å²) in [5.41, 5.74) is 0. The van der Waals surface area contributed by atoms with Gasteiger partial charge in [-0.05, 0) is 12.1 Å². The van der Waals surface area contributed by atoms with Gasteiger partial charge in [-0.1, -0.05) is 18.2 Å². The lowest BCUT2D eigenvalue weighted by molar-refractivity contribution is -0.122. The lowest BCUT2D eigenvalue weighted by Crippen LogP contribution is -2.09.